The van der Waals surface area contributed by atoms with E-state index < -0.39 is 28.5 Å². The summed E-state index contributed by atoms with van der Waals surface area (Å²) < 4.78 is 53.4. The van der Waals surface area contributed by atoms with E-state index in [0.717, 1.165) is 6.07 Å². The third-order valence-corrected chi connectivity index (χ3v) is 4.35. The fourth-order valence-electron chi connectivity index (χ4n) is 2.11. The molecular formula is C17H10F4N2OS. The van der Waals surface area contributed by atoms with Crippen LogP contribution in [0.25, 0.3) is 10.6 Å². The summed E-state index contributed by atoms with van der Waals surface area (Å²) in [5.74, 6) is -1.80. The first-order chi connectivity index (χ1) is 11.9. The number of carbonyl (C=O) groups is 1. The fourth-order valence-corrected chi connectivity index (χ4v) is 3.10. The Bertz CT molecular complexity index is 907. The molecule has 0 aliphatic carbocycles. The average molecular weight is 366 g/mol. The van der Waals surface area contributed by atoms with Crippen LogP contribution in [0.3, 0.4) is 0 Å². The van der Waals surface area contributed by atoms with Crippen LogP contribution >= 0.6 is 11.3 Å². The number of para-hydroxylation sites is 1. The van der Waals surface area contributed by atoms with Gasteiger partial charge in [0.2, 0.25) is 0 Å². The van der Waals surface area contributed by atoms with Gasteiger partial charge in [-0.1, -0.05) is 42.5 Å². The number of thiazole rings is 1. The largest absolute Gasteiger partial charge is 0.435 e. The van der Waals surface area contributed by atoms with Gasteiger partial charge in [0.15, 0.2) is 5.69 Å². The van der Waals surface area contributed by atoms with Crippen LogP contribution in [0.15, 0.2) is 54.6 Å². The summed E-state index contributed by atoms with van der Waals surface area (Å²) in [4.78, 5) is 15.2. The number of hydrogen-bond donors (Lipinski definition) is 1. The van der Waals surface area contributed by atoms with E-state index in [2.05, 4.69) is 10.3 Å². The summed E-state index contributed by atoms with van der Waals surface area (Å²) >= 11 is 0.607. The van der Waals surface area contributed by atoms with Crippen molar-refractivity contribution < 1.29 is 22.4 Å². The fraction of sp³-hybridized carbons (Fsp3) is 0.0588. The van der Waals surface area contributed by atoms with Gasteiger partial charge >= 0.3 is 6.18 Å². The number of rotatable bonds is 3. The van der Waals surface area contributed by atoms with Gasteiger partial charge in [0.1, 0.15) is 15.7 Å². The average Bonchev–Trinajstić information content (AvgIpc) is 3.04. The van der Waals surface area contributed by atoms with Crippen molar-refractivity contribution in [2.75, 3.05) is 5.32 Å². The molecule has 0 bridgehead atoms. The third-order valence-electron chi connectivity index (χ3n) is 3.24. The van der Waals surface area contributed by atoms with Gasteiger partial charge in [-0.15, -0.1) is 11.3 Å². The number of benzene rings is 2. The van der Waals surface area contributed by atoms with Crippen molar-refractivity contribution in [3.63, 3.8) is 0 Å². The number of nitrogens with zero attached hydrogens (tertiary/aromatic N) is 1. The molecule has 1 aromatic heterocycles. The lowest BCUT2D eigenvalue weighted by Crippen LogP contribution is -2.17. The molecule has 1 amide bonds. The molecule has 8 heteroatoms. The van der Waals surface area contributed by atoms with E-state index >= 15 is 0 Å². The molecule has 0 atom stereocenters. The molecule has 0 aliphatic heterocycles. The minimum atomic E-state index is -4.80. The van der Waals surface area contributed by atoms with Gasteiger partial charge in [-0.05, 0) is 12.1 Å². The molecule has 0 unspecified atom stereocenters. The highest BCUT2D eigenvalue weighted by molar-refractivity contribution is 7.17. The molecule has 128 valence electrons. The summed E-state index contributed by atoms with van der Waals surface area (Å²) in [6.45, 7) is 0. The maximum atomic E-state index is 13.6. The quantitative estimate of drug-likeness (QED) is 0.646. The van der Waals surface area contributed by atoms with Crippen molar-refractivity contribution in [1.82, 2.24) is 4.98 Å². The lowest BCUT2D eigenvalue weighted by Gasteiger charge is -2.07. The summed E-state index contributed by atoms with van der Waals surface area (Å²) in [5, 5.41) is 2.22. The molecule has 3 nitrogen and oxygen atoms in total. The molecule has 25 heavy (non-hydrogen) atoms. The molecule has 2 aromatic carbocycles. The number of amides is 1. The Balaban J connectivity index is 2.01. The smallest absolute Gasteiger partial charge is 0.319 e. The maximum absolute atomic E-state index is 13.6. The van der Waals surface area contributed by atoms with E-state index in [1.807, 2.05) is 0 Å². The van der Waals surface area contributed by atoms with Crippen LogP contribution in [0.4, 0.5) is 23.2 Å². The molecule has 0 saturated heterocycles. The van der Waals surface area contributed by atoms with Gasteiger partial charge in [-0.3, -0.25) is 4.79 Å². The molecule has 0 spiro atoms. The Morgan fingerprint density at radius 2 is 1.64 bits per heavy atom. The standard InChI is InChI=1S/C17H10F4N2OS/c18-11-8-4-5-9-12(11)22-15(24)13-14(17(19,20)21)23-16(25-13)10-6-2-1-3-7-10/h1-9H,(H,22,24). The molecule has 1 heterocycles. The van der Waals surface area contributed by atoms with Crippen molar-refractivity contribution in [2.24, 2.45) is 0 Å². The van der Waals surface area contributed by atoms with Gasteiger partial charge in [0.25, 0.3) is 5.91 Å². The number of halogens is 4. The SMILES string of the molecule is O=C(Nc1ccccc1F)c1sc(-c2ccccc2)nc1C(F)(F)F. The van der Waals surface area contributed by atoms with Gasteiger partial charge in [0, 0.05) is 5.56 Å². The number of anilines is 1. The molecule has 3 rings (SSSR count). The predicted molar refractivity (Wildman–Crippen MR) is 86.9 cm³/mol. The summed E-state index contributed by atoms with van der Waals surface area (Å²) in [7, 11) is 0. The third kappa shape index (κ3) is 3.69. The first kappa shape index (κ1) is 17.1. The number of hydrogen-bond acceptors (Lipinski definition) is 3. The number of aromatic nitrogens is 1. The van der Waals surface area contributed by atoms with Gasteiger partial charge in [0.05, 0.1) is 5.69 Å². The van der Waals surface area contributed by atoms with Crippen LogP contribution in [-0.4, -0.2) is 10.9 Å². The summed E-state index contributed by atoms with van der Waals surface area (Å²) in [5.41, 5.74) is -1.02. The molecule has 0 radical (unpaired) electrons. The minimum Gasteiger partial charge on any atom is -0.319 e. The lowest BCUT2D eigenvalue weighted by atomic mass is 10.2. The first-order valence-electron chi connectivity index (χ1n) is 7.05. The van der Waals surface area contributed by atoms with Gasteiger partial charge < -0.3 is 5.32 Å². The second kappa shape index (κ2) is 6.64. The topological polar surface area (TPSA) is 42.0 Å². The second-order valence-electron chi connectivity index (χ2n) is 4.99. The Kier molecular flexibility index (Phi) is 4.54. The molecular weight excluding hydrogens is 356 g/mol. The van der Waals surface area contributed by atoms with E-state index in [0.29, 0.717) is 16.9 Å². The van der Waals surface area contributed by atoms with Crippen LogP contribution in [-0.2, 0) is 6.18 Å². The van der Waals surface area contributed by atoms with Crippen molar-refractivity contribution in [3.8, 4) is 10.6 Å². The summed E-state index contributed by atoms with van der Waals surface area (Å²) in [6, 6.07) is 13.5. The first-order valence-corrected chi connectivity index (χ1v) is 7.87. The van der Waals surface area contributed by atoms with E-state index in [4.69, 9.17) is 0 Å². The zero-order chi connectivity index (χ0) is 18.0. The maximum Gasteiger partial charge on any atom is 0.435 e. The molecule has 1 N–H and O–H groups in total. The molecule has 0 aliphatic rings. The number of nitrogens with one attached hydrogen (secondary N) is 1. The molecule has 0 fully saturated rings. The van der Waals surface area contributed by atoms with Crippen LogP contribution in [0.1, 0.15) is 15.4 Å². The van der Waals surface area contributed by atoms with E-state index in [9.17, 15) is 22.4 Å². The Hall–Kier alpha value is -2.74. The highest BCUT2D eigenvalue weighted by atomic mass is 32.1. The highest BCUT2D eigenvalue weighted by Crippen LogP contribution is 2.38. The Labute approximate surface area is 144 Å². The van der Waals surface area contributed by atoms with E-state index in [-0.39, 0.29) is 10.7 Å². The molecule has 0 saturated carbocycles. The van der Waals surface area contributed by atoms with Gasteiger partial charge in [-0.2, -0.15) is 13.2 Å². The normalized spacial score (nSPS) is 11.4. The minimum absolute atomic E-state index is 0.0617. The molecule has 3 aromatic rings. The predicted octanol–water partition coefficient (Wildman–Crippen LogP) is 5.22. The Morgan fingerprint density at radius 1 is 1.00 bits per heavy atom. The lowest BCUT2D eigenvalue weighted by molar-refractivity contribution is -0.140. The van der Waals surface area contributed by atoms with Crippen molar-refractivity contribution >= 4 is 22.9 Å². The van der Waals surface area contributed by atoms with E-state index in [1.165, 1.54) is 18.2 Å². The van der Waals surface area contributed by atoms with Crippen LogP contribution in [0.2, 0.25) is 0 Å². The van der Waals surface area contributed by atoms with Crippen LogP contribution < -0.4 is 5.32 Å². The van der Waals surface area contributed by atoms with Crippen LogP contribution in [0, 0.1) is 5.82 Å². The van der Waals surface area contributed by atoms with Crippen molar-refractivity contribution in [2.45, 2.75) is 6.18 Å². The Morgan fingerprint density at radius 3 is 2.28 bits per heavy atom. The number of alkyl halides is 3. The van der Waals surface area contributed by atoms with Gasteiger partial charge in [-0.25, -0.2) is 9.37 Å². The van der Waals surface area contributed by atoms with Crippen LogP contribution in [0.5, 0.6) is 0 Å². The van der Waals surface area contributed by atoms with E-state index in [1.54, 1.807) is 30.3 Å². The van der Waals surface area contributed by atoms with Crippen molar-refractivity contribution in [1.29, 1.82) is 0 Å². The van der Waals surface area contributed by atoms with Crippen molar-refractivity contribution in [3.05, 3.63) is 71.0 Å². The monoisotopic (exact) mass is 366 g/mol. The number of carbonyl (C=O) groups excluding carboxylic acids is 1. The zero-order valence-electron chi connectivity index (χ0n) is 12.5. The highest BCUT2D eigenvalue weighted by Gasteiger charge is 2.39. The summed E-state index contributed by atoms with van der Waals surface area (Å²) in [6.07, 6.45) is -4.80. The zero-order valence-corrected chi connectivity index (χ0v) is 13.3. The second-order valence-corrected chi connectivity index (χ2v) is 5.99.